The van der Waals surface area contributed by atoms with Gasteiger partial charge in [0, 0.05) is 26.4 Å². The normalized spacial score (nSPS) is 8.15. The molecule has 0 aromatic heterocycles. The predicted octanol–water partition coefficient (Wildman–Crippen LogP) is 0.0987. The van der Waals surface area contributed by atoms with Crippen molar-refractivity contribution in [1.29, 1.82) is 0 Å². The Balaban J connectivity index is -0.000000120. The molecule has 86 valence electrons. The van der Waals surface area contributed by atoms with Crippen molar-refractivity contribution in [2.45, 2.75) is 12.8 Å². The van der Waals surface area contributed by atoms with Gasteiger partial charge in [-0.2, -0.15) is 0 Å². The molecule has 7 heteroatoms. The Morgan fingerprint density at radius 3 is 0.846 bits per heavy atom. The van der Waals surface area contributed by atoms with Crippen LogP contribution in [0.2, 0.25) is 0 Å². The van der Waals surface area contributed by atoms with Crippen LogP contribution in [0, 0.1) is 0 Å². The van der Waals surface area contributed by atoms with E-state index in [4.69, 9.17) is 39.8 Å². The van der Waals surface area contributed by atoms with Gasteiger partial charge in [0.1, 0.15) is 0 Å². The zero-order chi connectivity index (χ0) is 10.9. The average molecular weight is 324 g/mol. The number of rotatable bonds is 4. The zero-order valence-electron chi connectivity index (χ0n) is 7.14. The van der Waals surface area contributed by atoms with E-state index in [-0.39, 0.29) is 41.6 Å². The van der Waals surface area contributed by atoms with Gasteiger partial charge < -0.3 is 20.4 Å². The van der Waals surface area contributed by atoms with Crippen molar-refractivity contribution in [2.75, 3.05) is 26.4 Å². The van der Waals surface area contributed by atoms with Crippen molar-refractivity contribution in [3.63, 3.8) is 0 Å². The minimum atomic E-state index is -0.346. The number of aliphatic hydroxyl groups excluding tert-OH is 4. The van der Waals surface area contributed by atoms with Crippen molar-refractivity contribution < 1.29 is 35.6 Å². The Kier molecular flexibility index (Phi) is 44.1. The fourth-order valence-electron chi connectivity index (χ4n) is 0.141. The van der Waals surface area contributed by atoms with E-state index in [9.17, 15) is 0 Å². The third-order valence-electron chi connectivity index (χ3n) is 0.632. The van der Waals surface area contributed by atoms with Crippen LogP contribution in [0.25, 0.3) is 0 Å². The van der Waals surface area contributed by atoms with Crippen LogP contribution < -0.4 is 0 Å². The summed E-state index contributed by atoms with van der Waals surface area (Å²) >= 11 is -0.346. The molecule has 0 spiro atoms. The summed E-state index contributed by atoms with van der Waals surface area (Å²) in [6.07, 6.45) is 1.00. The summed E-state index contributed by atoms with van der Waals surface area (Å²) in [5, 5.41) is 31.6. The topological polar surface area (TPSA) is 80.9 Å². The van der Waals surface area contributed by atoms with E-state index in [0.29, 0.717) is 12.8 Å². The SMILES string of the molecule is OCCCO.OCCCO.[Cl][Ru][Cl]. The van der Waals surface area contributed by atoms with E-state index in [0.717, 1.165) is 0 Å². The van der Waals surface area contributed by atoms with E-state index in [2.05, 4.69) is 0 Å². The molecule has 0 atom stereocenters. The Bertz CT molecular complexity index is 51.9. The zero-order valence-corrected chi connectivity index (χ0v) is 10.4. The molecule has 0 amide bonds. The van der Waals surface area contributed by atoms with Gasteiger partial charge in [-0.3, -0.25) is 0 Å². The van der Waals surface area contributed by atoms with E-state index in [1.165, 1.54) is 0 Å². The molecule has 0 aliphatic rings. The van der Waals surface area contributed by atoms with Crippen LogP contribution in [0.1, 0.15) is 12.8 Å². The molecule has 0 saturated carbocycles. The number of hydrogen-bond acceptors (Lipinski definition) is 4. The Hall–Kier alpha value is 1.04. The van der Waals surface area contributed by atoms with Crippen molar-refractivity contribution in [1.82, 2.24) is 0 Å². The van der Waals surface area contributed by atoms with Gasteiger partial charge in [-0.1, -0.05) is 0 Å². The summed E-state index contributed by atoms with van der Waals surface area (Å²) < 4.78 is 0. The minimum absolute atomic E-state index is 0.0938. The molecule has 0 fully saturated rings. The van der Waals surface area contributed by atoms with Crippen molar-refractivity contribution in [3.8, 4) is 0 Å². The first-order valence-electron chi connectivity index (χ1n) is 3.53. The molecule has 0 rings (SSSR count). The molecule has 0 saturated heterocycles. The fraction of sp³-hybridized carbons (Fsp3) is 1.00. The Morgan fingerprint density at radius 2 is 0.846 bits per heavy atom. The van der Waals surface area contributed by atoms with E-state index in [1.807, 2.05) is 0 Å². The first kappa shape index (κ1) is 19.6. The molecule has 0 bridgehead atoms. The molecule has 4 N–H and O–H groups in total. The van der Waals surface area contributed by atoms with Crippen molar-refractivity contribution in [3.05, 3.63) is 0 Å². The third kappa shape index (κ3) is 62.5. The number of aliphatic hydroxyl groups is 4. The molecular formula is C6H16Cl2O4Ru. The van der Waals surface area contributed by atoms with Gasteiger partial charge in [0.05, 0.1) is 0 Å². The van der Waals surface area contributed by atoms with Gasteiger partial charge in [0.15, 0.2) is 0 Å². The van der Waals surface area contributed by atoms with Crippen LogP contribution in [0.5, 0.6) is 0 Å². The second-order valence-corrected chi connectivity index (χ2v) is 4.29. The summed E-state index contributed by atoms with van der Waals surface area (Å²) in [5.74, 6) is 0. The summed E-state index contributed by atoms with van der Waals surface area (Å²) in [6, 6.07) is 0. The molecule has 13 heavy (non-hydrogen) atoms. The Morgan fingerprint density at radius 1 is 0.692 bits per heavy atom. The second kappa shape index (κ2) is 29.2. The predicted molar refractivity (Wildman–Crippen MR) is 49.3 cm³/mol. The standard InChI is InChI=1S/2C3H8O2.2ClH.Ru/c2*4-2-1-3-5;;;/h2*4-5H,1-3H2;2*1H;/q;;;;+2/p-2. The van der Waals surface area contributed by atoms with E-state index < -0.39 is 0 Å². The van der Waals surface area contributed by atoms with E-state index >= 15 is 0 Å². The second-order valence-electron chi connectivity index (χ2n) is 1.65. The van der Waals surface area contributed by atoms with Gasteiger partial charge in [-0.05, 0) is 12.8 Å². The monoisotopic (exact) mass is 324 g/mol. The van der Waals surface area contributed by atoms with Gasteiger partial charge >= 0.3 is 34.5 Å². The summed E-state index contributed by atoms with van der Waals surface area (Å²) in [4.78, 5) is 0. The summed E-state index contributed by atoms with van der Waals surface area (Å²) in [7, 11) is 9.71. The van der Waals surface area contributed by atoms with Crippen molar-refractivity contribution in [2.24, 2.45) is 0 Å². The van der Waals surface area contributed by atoms with Crippen LogP contribution in [0.3, 0.4) is 0 Å². The molecule has 0 heterocycles. The molecule has 0 aromatic carbocycles. The van der Waals surface area contributed by atoms with E-state index in [1.54, 1.807) is 0 Å². The summed E-state index contributed by atoms with van der Waals surface area (Å²) in [6.45, 7) is 0.375. The maximum absolute atomic E-state index is 7.91. The quantitative estimate of drug-likeness (QED) is 0.553. The van der Waals surface area contributed by atoms with Crippen molar-refractivity contribution >= 4 is 19.4 Å². The third-order valence-corrected chi connectivity index (χ3v) is 0.632. The molecule has 0 radical (unpaired) electrons. The van der Waals surface area contributed by atoms with Crippen LogP contribution in [0.15, 0.2) is 0 Å². The molecule has 4 nitrogen and oxygen atoms in total. The van der Waals surface area contributed by atoms with Crippen LogP contribution in [0.4, 0.5) is 0 Å². The molecule has 0 aromatic rings. The molecule has 0 unspecified atom stereocenters. The fourth-order valence-corrected chi connectivity index (χ4v) is 0.141. The van der Waals surface area contributed by atoms with Gasteiger partial charge in [0.2, 0.25) is 0 Å². The average Bonchev–Trinajstić information content (AvgIpc) is 2.09. The van der Waals surface area contributed by atoms with Crippen LogP contribution in [-0.4, -0.2) is 46.9 Å². The van der Waals surface area contributed by atoms with Gasteiger partial charge in [0.25, 0.3) is 0 Å². The summed E-state index contributed by atoms with van der Waals surface area (Å²) in [5.41, 5.74) is 0. The van der Waals surface area contributed by atoms with Crippen LogP contribution >= 0.6 is 19.4 Å². The maximum atomic E-state index is 7.91. The molecule has 0 aliphatic heterocycles. The molecular weight excluding hydrogens is 308 g/mol. The van der Waals surface area contributed by atoms with Gasteiger partial charge in [-0.15, -0.1) is 0 Å². The molecule has 0 aliphatic carbocycles. The van der Waals surface area contributed by atoms with Crippen LogP contribution in [-0.2, 0) is 15.1 Å². The first-order valence-corrected chi connectivity index (χ1v) is 8.01. The first-order chi connectivity index (χ1) is 6.24. The Labute approximate surface area is 94.2 Å². The number of hydrogen-bond donors (Lipinski definition) is 4. The van der Waals surface area contributed by atoms with Gasteiger partial charge in [-0.25, -0.2) is 0 Å². The number of halogens is 2.